The largest absolute Gasteiger partial charge is 0.416 e. The Bertz CT molecular complexity index is 1310. The van der Waals surface area contributed by atoms with E-state index in [2.05, 4.69) is 25.0 Å². The molecule has 150 valence electrons. The van der Waals surface area contributed by atoms with E-state index in [9.17, 15) is 21.6 Å². The van der Waals surface area contributed by atoms with Gasteiger partial charge in [0.05, 0.1) is 29.2 Å². The van der Waals surface area contributed by atoms with Crippen molar-refractivity contribution in [1.29, 1.82) is 0 Å². The second-order valence-electron chi connectivity index (χ2n) is 6.17. The molecule has 0 saturated heterocycles. The van der Waals surface area contributed by atoms with Gasteiger partial charge in [-0.25, -0.2) is 18.1 Å². The molecule has 0 amide bonds. The Labute approximate surface area is 162 Å². The van der Waals surface area contributed by atoms with E-state index in [0.717, 1.165) is 35.4 Å². The third kappa shape index (κ3) is 3.53. The van der Waals surface area contributed by atoms with E-state index in [0.29, 0.717) is 22.3 Å². The van der Waals surface area contributed by atoms with Crippen LogP contribution >= 0.6 is 0 Å². The summed E-state index contributed by atoms with van der Waals surface area (Å²) in [4.78, 5) is 3.59. The van der Waals surface area contributed by atoms with Crippen LogP contribution in [0.2, 0.25) is 0 Å². The minimum Gasteiger partial charge on any atom is -0.282 e. The number of aromatic amines is 1. The summed E-state index contributed by atoms with van der Waals surface area (Å²) >= 11 is 0. The molecular formula is C17H13F3N6O2S. The lowest BCUT2D eigenvalue weighted by Gasteiger charge is -2.08. The average molecular weight is 422 g/mol. The molecule has 0 unspecified atom stereocenters. The van der Waals surface area contributed by atoms with Crippen molar-refractivity contribution in [3.63, 3.8) is 0 Å². The highest BCUT2D eigenvalue weighted by Crippen LogP contribution is 2.30. The number of benzene rings is 1. The molecule has 4 aromatic rings. The number of alkyl halides is 3. The second-order valence-corrected chi connectivity index (χ2v) is 7.86. The monoisotopic (exact) mass is 422 g/mol. The SMILES string of the molecule is Cc1[nH]nc2cccc(NS(=O)(=O)c3cnn(-c4cc(C(F)(F)F)ccn4)c3)c12. The van der Waals surface area contributed by atoms with Gasteiger partial charge in [0.1, 0.15) is 4.90 Å². The number of nitrogens with one attached hydrogen (secondary N) is 2. The van der Waals surface area contributed by atoms with Crippen LogP contribution in [-0.4, -0.2) is 33.4 Å². The molecule has 4 rings (SSSR count). The Morgan fingerprint density at radius 1 is 1.21 bits per heavy atom. The van der Waals surface area contributed by atoms with E-state index < -0.39 is 21.8 Å². The molecule has 0 bridgehead atoms. The van der Waals surface area contributed by atoms with Crippen molar-refractivity contribution in [2.24, 2.45) is 0 Å². The van der Waals surface area contributed by atoms with E-state index >= 15 is 0 Å². The van der Waals surface area contributed by atoms with Crippen molar-refractivity contribution < 1.29 is 21.6 Å². The number of H-pyrrole nitrogens is 1. The first-order chi connectivity index (χ1) is 13.6. The summed E-state index contributed by atoms with van der Waals surface area (Å²) in [5, 5.41) is 11.3. The average Bonchev–Trinajstić information content (AvgIpc) is 3.30. The van der Waals surface area contributed by atoms with Crippen LogP contribution in [0.25, 0.3) is 16.7 Å². The Kier molecular flexibility index (Phi) is 4.30. The lowest BCUT2D eigenvalue weighted by Crippen LogP contribution is -2.12. The number of hydrogen-bond acceptors (Lipinski definition) is 5. The van der Waals surface area contributed by atoms with Crippen molar-refractivity contribution in [1.82, 2.24) is 25.0 Å². The summed E-state index contributed by atoms with van der Waals surface area (Å²) < 4.78 is 67.6. The van der Waals surface area contributed by atoms with Gasteiger partial charge >= 0.3 is 6.18 Å². The van der Waals surface area contributed by atoms with E-state index in [1.165, 1.54) is 0 Å². The maximum atomic E-state index is 12.9. The van der Waals surface area contributed by atoms with Crippen LogP contribution in [0.3, 0.4) is 0 Å². The van der Waals surface area contributed by atoms with Crippen molar-refractivity contribution in [2.75, 3.05) is 4.72 Å². The molecule has 0 aliphatic rings. The van der Waals surface area contributed by atoms with Gasteiger partial charge < -0.3 is 0 Å². The maximum Gasteiger partial charge on any atom is 0.416 e. The van der Waals surface area contributed by atoms with Crippen molar-refractivity contribution in [3.8, 4) is 5.82 Å². The van der Waals surface area contributed by atoms with Crippen molar-refractivity contribution in [2.45, 2.75) is 18.0 Å². The molecule has 3 heterocycles. The Hall–Kier alpha value is -3.41. The van der Waals surface area contributed by atoms with Crippen LogP contribution in [-0.2, 0) is 16.2 Å². The van der Waals surface area contributed by atoms with Crippen LogP contribution in [0.1, 0.15) is 11.3 Å². The second kappa shape index (κ2) is 6.58. The first kappa shape index (κ1) is 18.9. The molecule has 12 heteroatoms. The first-order valence-electron chi connectivity index (χ1n) is 8.20. The van der Waals surface area contributed by atoms with E-state index in [-0.39, 0.29) is 10.7 Å². The Morgan fingerprint density at radius 2 is 2.00 bits per heavy atom. The standard InChI is InChI=1S/C17H13F3N6O2S/c1-10-16-13(24-23-10)3-2-4-14(16)25-29(27,28)12-8-22-26(9-12)15-7-11(5-6-21-15)17(18,19)20/h2-9,25H,1H3,(H,23,24). The third-order valence-corrected chi connectivity index (χ3v) is 5.50. The maximum absolute atomic E-state index is 12.9. The molecule has 0 saturated carbocycles. The predicted molar refractivity (Wildman–Crippen MR) is 98.0 cm³/mol. The summed E-state index contributed by atoms with van der Waals surface area (Å²) in [7, 11) is -4.05. The first-order valence-corrected chi connectivity index (χ1v) is 9.68. The van der Waals surface area contributed by atoms with Crippen molar-refractivity contribution in [3.05, 3.63) is 60.2 Å². The highest BCUT2D eigenvalue weighted by molar-refractivity contribution is 7.92. The molecule has 0 atom stereocenters. The molecule has 29 heavy (non-hydrogen) atoms. The lowest BCUT2D eigenvalue weighted by atomic mass is 10.2. The molecule has 0 fully saturated rings. The number of sulfonamides is 1. The smallest absolute Gasteiger partial charge is 0.282 e. The number of aromatic nitrogens is 5. The summed E-state index contributed by atoms with van der Waals surface area (Å²) in [6, 6.07) is 6.57. The van der Waals surface area contributed by atoms with Gasteiger partial charge in [0.2, 0.25) is 0 Å². The number of aryl methyl sites for hydroxylation is 1. The molecule has 3 aromatic heterocycles. The van der Waals surface area contributed by atoms with Gasteiger partial charge in [-0.15, -0.1) is 0 Å². The van der Waals surface area contributed by atoms with Gasteiger partial charge in [0.15, 0.2) is 5.82 Å². The zero-order chi connectivity index (χ0) is 20.8. The van der Waals surface area contributed by atoms with E-state index in [1.54, 1.807) is 25.1 Å². The highest BCUT2D eigenvalue weighted by atomic mass is 32.2. The van der Waals surface area contributed by atoms with Crippen LogP contribution in [0.5, 0.6) is 0 Å². The fourth-order valence-electron chi connectivity index (χ4n) is 2.81. The van der Waals surface area contributed by atoms with Gasteiger partial charge in [0, 0.05) is 17.3 Å². The number of nitrogens with zero attached hydrogens (tertiary/aromatic N) is 4. The zero-order valence-electron chi connectivity index (χ0n) is 14.8. The predicted octanol–water partition coefficient (Wildman–Crippen LogP) is 3.27. The normalized spacial score (nSPS) is 12.4. The summed E-state index contributed by atoms with van der Waals surface area (Å²) in [5.74, 6) is -0.158. The molecule has 0 radical (unpaired) electrons. The number of rotatable bonds is 4. The van der Waals surface area contributed by atoms with Gasteiger partial charge in [0.25, 0.3) is 10.0 Å². The minimum absolute atomic E-state index is 0.158. The third-order valence-electron chi connectivity index (χ3n) is 4.18. The Morgan fingerprint density at radius 3 is 2.76 bits per heavy atom. The van der Waals surface area contributed by atoms with Gasteiger partial charge in [-0.05, 0) is 31.2 Å². The molecule has 8 nitrogen and oxygen atoms in total. The topological polar surface area (TPSA) is 106 Å². The van der Waals surface area contributed by atoms with Crippen LogP contribution in [0.15, 0.2) is 53.8 Å². The lowest BCUT2D eigenvalue weighted by molar-refractivity contribution is -0.137. The van der Waals surface area contributed by atoms with Gasteiger partial charge in [-0.3, -0.25) is 9.82 Å². The highest BCUT2D eigenvalue weighted by Gasteiger charge is 2.31. The van der Waals surface area contributed by atoms with Gasteiger partial charge in [-0.2, -0.15) is 23.4 Å². The van der Waals surface area contributed by atoms with Crippen LogP contribution < -0.4 is 4.72 Å². The molecule has 0 aliphatic carbocycles. The van der Waals surface area contributed by atoms with Gasteiger partial charge in [-0.1, -0.05) is 6.07 Å². The zero-order valence-corrected chi connectivity index (χ0v) is 15.6. The fraction of sp³-hybridized carbons (Fsp3) is 0.118. The number of pyridine rings is 1. The summed E-state index contributed by atoms with van der Waals surface area (Å²) in [6.45, 7) is 1.75. The fourth-order valence-corrected chi connectivity index (χ4v) is 3.81. The summed E-state index contributed by atoms with van der Waals surface area (Å²) in [5.41, 5.74) is 0.676. The summed E-state index contributed by atoms with van der Waals surface area (Å²) in [6.07, 6.45) is -1.45. The number of halogens is 3. The molecule has 0 spiro atoms. The molecule has 1 aromatic carbocycles. The van der Waals surface area contributed by atoms with Crippen molar-refractivity contribution >= 4 is 26.6 Å². The quantitative estimate of drug-likeness (QED) is 0.525. The van der Waals surface area contributed by atoms with Crippen LogP contribution in [0, 0.1) is 6.92 Å². The Balaban J connectivity index is 1.68. The number of hydrogen-bond donors (Lipinski definition) is 2. The number of fused-ring (bicyclic) bond motifs is 1. The molecular weight excluding hydrogens is 409 g/mol. The molecule has 2 N–H and O–H groups in total. The van der Waals surface area contributed by atoms with E-state index in [4.69, 9.17) is 0 Å². The molecule has 0 aliphatic heterocycles. The van der Waals surface area contributed by atoms with E-state index in [1.807, 2.05) is 0 Å². The number of anilines is 1. The minimum atomic E-state index is -4.55. The van der Waals surface area contributed by atoms with Crippen LogP contribution in [0.4, 0.5) is 18.9 Å².